The van der Waals surface area contributed by atoms with Gasteiger partial charge in [0.2, 0.25) is 0 Å². The first kappa shape index (κ1) is 76.9. The molecule has 0 saturated heterocycles. The van der Waals surface area contributed by atoms with Crippen LogP contribution in [0.15, 0.2) is 334 Å². The number of rotatable bonds is 7. The minimum absolute atomic E-state index is 0.0789. The van der Waals surface area contributed by atoms with E-state index < -0.39 is 0 Å². The highest BCUT2D eigenvalue weighted by Crippen LogP contribution is 2.57. The zero-order valence-corrected chi connectivity index (χ0v) is 71.5. The molecule has 0 N–H and O–H groups in total. The molecular weight excluding hydrogens is 1420 g/mol. The van der Waals surface area contributed by atoms with E-state index in [1.165, 1.54) is 203 Å². The Bertz CT molecular complexity index is 7090. The second-order valence-corrected chi connectivity index (χ2v) is 36.3. The molecule has 0 amide bonds. The van der Waals surface area contributed by atoms with E-state index in [9.17, 15) is 0 Å². The smallest absolute Gasteiger partial charge is 0.0547 e. The fourth-order valence-electron chi connectivity index (χ4n) is 20.8. The number of hydrogen-bond donors (Lipinski definition) is 0. The molecule has 0 unspecified atom stereocenters. The van der Waals surface area contributed by atoms with Crippen molar-refractivity contribution in [2.24, 2.45) is 0 Å². The summed E-state index contributed by atoms with van der Waals surface area (Å²) < 4.78 is 4.80. The minimum atomic E-state index is 0.0789. The third-order valence-electron chi connectivity index (χ3n) is 26.3. The average Bonchev–Trinajstić information content (AvgIpc) is 1.56. The fraction of sp³-hybridized carbons (Fsp3) is 0.207. The van der Waals surface area contributed by atoms with Crippen LogP contribution >= 0.6 is 0 Å². The zero-order chi connectivity index (χ0) is 81.8. The molecule has 19 aromatic rings. The van der Waals surface area contributed by atoms with Gasteiger partial charge < -0.3 is 9.13 Å². The molecule has 0 atom stereocenters. The van der Waals surface area contributed by atoms with Crippen molar-refractivity contribution < 1.29 is 0 Å². The van der Waals surface area contributed by atoms with E-state index in [0.717, 1.165) is 0 Å². The fourth-order valence-corrected chi connectivity index (χ4v) is 20.8. The molecule has 0 radical (unpaired) electrons. The number of nitrogens with zero attached hydrogens (tertiary/aromatic N) is 2. The lowest BCUT2D eigenvalue weighted by Gasteiger charge is -2.27. The Morgan fingerprint density at radius 3 is 1.19 bits per heavy atom. The van der Waals surface area contributed by atoms with E-state index in [0.29, 0.717) is 29.6 Å². The molecule has 17 aromatic carbocycles. The molecule has 0 aliphatic heterocycles. The van der Waals surface area contributed by atoms with E-state index in [1.54, 1.807) is 0 Å². The maximum atomic E-state index is 2.41. The third kappa shape index (κ3) is 12.7. The standard InChI is InChI=1S/2C25H21N.3C22H22/c1-17(2)20-13-8-14-22-24(20)25-21-12-7-6-9-18(21)15-16-23(25)26(22)19-10-4-3-5-11-19;1-17(2)19-13-14-23-22(16-19)25-21-11-7-6-8-18(21)12-15-24(25)26(23)20-9-4-3-5-10-20;1-14(2)20-16-10-6-5-9-15(16)13-18-17-11-7-8-12-19(17)22(3,4)21(18)20;1-14(2)18-13-15-9-5-6-10-16(15)20-17-11-7-8-12-19(17)22(3,4)21(18)20;1-14(2)20-16-10-6-5-9-15(16)13-19-21(20)17-11-7-8-12-18(17)22(19,3)4/h2*3-17H,1-2H3;3*5-14H,1-4H3. The number of hydrogen-bond acceptors (Lipinski definition) is 0. The van der Waals surface area contributed by atoms with Gasteiger partial charge in [-0.1, -0.05) is 378 Å². The van der Waals surface area contributed by atoms with Crippen molar-refractivity contribution in [1.82, 2.24) is 9.13 Å². The number of fused-ring (bicyclic) bond motifs is 23. The molecule has 0 fully saturated rings. The van der Waals surface area contributed by atoms with Crippen LogP contribution in [-0.4, -0.2) is 9.13 Å². The van der Waals surface area contributed by atoms with Crippen LogP contribution in [0.3, 0.4) is 0 Å². The molecule has 0 saturated carbocycles. The topological polar surface area (TPSA) is 9.86 Å². The summed E-state index contributed by atoms with van der Waals surface area (Å²) in [4.78, 5) is 0. The zero-order valence-electron chi connectivity index (χ0n) is 71.5. The van der Waals surface area contributed by atoms with Crippen LogP contribution in [0, 0.1) is 0 Å². The van der Waals surface area contributed by atoms with Crippen molar-refractivity contribution in [3.05, 3.63) is 395 Å². The molecule has 118 heavy (non-hydrogen) atoms. The molecular formula is C116H108N2. The highest BCUT2D eigenvalue weighted by Gasteiger charge is 2.41. The lowest BCUT2D eigenvalue weighted by Crippen LogP contribution is -2.18. The van der Waals surface area contributed by atoms with Gasteiger partial charge in [-0.05, 0) is 245 Å². The van der Waals surface area contributed by atoms with E-state index in [-0.39, 0.29) is 16.2 Å². The molecule has 0 bridgehead atoms. The monoisotopic (exact) mass is 1530 g/mol. The van der Waals surface area contributed by atoms with Gasteiger partial charge in [0.25, 0.3) is 0 Å². The average molecular weight is 1530 g/mol. The van der Waals surface area contributed by atoms with Gasteiger partial charge in [0, 0.05) is 49.2 Å². The SMILES string of the molecule is CC(C)c1c2c(cc3ccccc13)-c1ccccc1C2(C)C.CC(C)c1c2c(cc3ccccc13)C(C)(C)c1ccccc1-2.CC(C)c1cc2ccccc2c2c1C(C)(C)c1ccccc1-2.CC(C)c1ccc2c(c1)c1c3ccccc3ccc1n2-c1ccccc1.CC(C)c1cccc2c1c1c3ccccc3ccc1n2-c1ccccc1. The van der Waals surface area contributed by atoms with Crippen LogP contribution in [-0.2, 0) is 16.2 Å². The second kappa shape index (κ2) is 30.3. The van der Waals surface area contributed by atoms with Gasteiger partial charge >= 0.3 is 0 Å². The van der Waals surface area contributed by atoms with Crippen molar-refractivity contribution in [1.29, 1.82) is 0 Å². The van der Waals surface area contributed by atoms with E-state index in [2.05, 4.69) is 454 Å². The number of benzene rings is 17. The van der Waals surface area contributed by atoms with Crippen molar-refractivity contribution in [3.63, 3.8) is 0 Å². The minimum Gasteiger partial charge on any atom is -0.309 e. The Morgan fingerprint density at radius 1 is 0.220 bits per heavy atom. The molecule has 2 heterocycles. The summed E-state index contributed by atoms with van der Waals surface area (Å²) in [7, 11) is 0. The Balaban J connectivity index is 0.000000102. The first-order valence-corrected chi connectivity index (χ1v) is 43.0. The maximum Gasteiger partial charge on any atom is 0.0547 e. The van der Waals surface area contributed by atoms with Gasteiger partial charge in [0.15, 0.2) is 0 Å². The van der Waals surface area contributed by atoms with Gasteiger partial charge in [-0.3, -0.25) is 0 Å². The van der Waals surface area contributed by atoms with Gasteiger partial charge in [0.1, 0.15) is 0 Å². The first-order chi connectivity index (χ1) is 57.0. The van der Waals surface area contributed by atoms with Gasteiger partial charge in [-0.15, -0.1) is 0 Å². The summed E-state index contributed by atoms with van der Waals surface area (Å²) in [6.45, 7) is 37.2. The van der Waals surface area contributed by atoms with Crippen LogP contribution in [0.1, 0.15) is 202 Å². The molecule has 3 aliphatic rings. The van der Waals surface area contributed by atoms with Gasteiger partial charge in [-0.25, -0.2) is 0 Å². The predicted molar refractivity (Wildman–Crippen MR) is 512 cm³/mol. The van der Waals surface area contributed by atoms with Crippen LogP contribution in [0.4, 0.5) is 0 Å². The summed E-state index contributed by atoms with van der Waals surface area (Å²) in [6, 6.07) is 122. The van der Waals surface area contributed by atoms with E-state index in [4.69, 9.17) is 0 Å². The van der Waals surface area contributed by atoms with Crippen molar-refractivity contribution in [3.8, 4) is 44.8 Å². The molecule has 2 nitrogen and oxygen atoms in total. The first-order valence-electron chi connectivity index (χ1n) is 43.0. The predicted octanol–water partition coefficient (Wildman–Crippen LogP) is 32.9. The summed E-state index contributed by atoms with van der Waals surface area (Å²) >= 11 is 0. The van der Waals surface area contributed by atoms with Crippen LogP contribution in [0.5, 0.6) is 0 Å². The molecule has 2 heteroatoms. The Morgan fingerprint density at radius 2 is 0.636 bits per heavy atom. The number of para-hydroxylation sites is 2. The van der Waals surface area contributed by atoms with Gasteiger partial charge in [-0.2, -0.15) is 0 Å². The van der Waals surface area contributed by atoms with Crippen molar-refractivity contribution in [2.45, 2.75) is 157 Å². The summed E-state index contributed by atoms with van der Waals surface area (Å²) in [6.07, 6.45) is 0. The van der Waals surface area contributed by atoms with Crippen LogP contribution < -0.4 is 0 Å². The highest BCUT2D eigenvalue weighted by atomic mass is 15.0. The second-order valence-electron chi connectivity index (χ2n) is 36.3. The molecule has 22 rings (SSSR count). The Labute approximate surface area is 698 Å². The van der Waals surface area contributed by atoms with Crippen LogP contribution in [0.2, 0.25) is 0 Å². The molecule has 3 aliphatic carbocycles. The maximum absolute atomic E-state index is 2.41. The molecule has 2 aromatic heterocycles. The highest BCUT2D eigenvalue weighted by molar-refractivity contribution is 6.23. The third-order valence-corrected chi connectivity index (χ3v) is 26.3. The van der Waals surface area contributed by atoms with E-state index >= 15 is 0 Å². The quantitative estimate of drug-likeness (QED) is 0.151. The summed E-state index contributed by atoms with van der Waals surface area (Å²) in [5.74, 6) is 2.57. The normalized spacial score (nSPS) is 13.7. The Hall–Kier alpha value is -12.4. The molecule has 0 spiro atoms. The van der Waals surface area contributed by atoms with E-state index in [1.807, 2.05) is 0 Å². The lowest BCUT2D eigenvalue weighted by molar-refractivity contribution is 0.643. The largest absolute Gasteiger partial charge is 0.309 e. The molecule has 582 valence electrons. The lowest BCUT2D eigenvalue weighted by atomic mass is 9.76. The van der Waals surface area contributed by atoms with Crippen molar-refractivity contribution in [2.75, 3.05) is 0 Å². The van der Waals surface area contributed by atoms with Gasteiger partial charge in [0.05, 0.1) is 22.1 Å². The van der Waals surface area contributed by atoms with Crippen LogP contribution in [0.25, 0.3) is 142 Å². The van der Waals surface area contributed by atoms with Crippen molar-refractivity contribution >= 4 is 97.5 Å². The Kier molecular flexibility index (Phi) is 19.7. The number of aromatic nitrogens is 2. The summed E-state index contributed by atoms with van der Waals surface area (Å²) in [5, 5.41) is 19.0. The summed E-state index contributed by atoms with van der Waals surface area (Å²) in [5.41, 5.74) is 32.6.